The molecule has 0 aliphatic carbocycles. The van der Waals surface area contributed by atoms with Crippen LogP contribution in [0.2, 0.25) is 0 Å². The van der Waals surface area contributed by atoms with Gasteiger partial charge in [0.1, 0.15) is 16.7 Å². The van der Waals surface area contributed by atoms with Gasteiger partial charge in [0.25, 0.3) is 0 Å². The van der Waals surface area contributed by atoms with Gasteiger partial charge in [0.15, 0.2) is 5.58 Å². The Morgan fingerprint density at radius 1 is 0.524 bits per heavy atom. The van der Waals surface area contributed by atoms with Gasteiger partial charge in [-0.05, 0) is 60.7 Å². The Morgan fingerprint density at radius 3 is 2.19 bits per heavy atom. The molecular formula is C37H22N2O2S. The van der Waals surface area contributed by atoms with Crippen molar-refractivity contribution in [3.8, 4) is 11.5 Å². The van der Waals surface area contributed by atoms with Crippen LogP contribution in [-0.4, -0.2) is 4.98 Å². The topological polar surface area (TPSA) is 42.4 Å². The maximum Gasteiger partial charge on any atom is 0.227 e. The molecule has 3 heterocycles. The zero-order valence-corrected chi connectivity index (χ0v) is 23.1. The smallest absolute Gasteiger partial charge is 0.227 e. The van der Waals surface area contributed by atoms with Gasteiger partial charge >= 0.3 is 0 Å². The van der Waals surface area contributed by atoms with Gasteiger partial charge in [-0.1, -0.05) is 60.7 Å². The van der Waals surface area contributed by atoms with E-state index in [4.69, 9.17) is 13.8 Å². The lowest BCUT2D eigenvalue weighted by Crippen LogP contribution is -2.10. The third-order valence-electron chi connectivity index (χ3n) is 7.88. The highest BCUT2D eigenvalue weighted by Gasteiger charge is 2.21. The van der Waals surface area contributed by atoms with Crippen molar-refractivity contribution in [1.29, 1.82) is 0 Å². The molecule has 0 aliphatic rings. The Hall–Kier alpha value is -5.39. The molecule has 198 valence electrons. The monoisotopic (exact) mass is 558 g/mol. The van der Waals surface area contributed by atoms with Crippen LogP contribution in [0.15, 0.2) is 142 Å². The van der Waals surface area contributed by atoms with E-state index in [-0.39, 0.29) is 0 Å². The van der Waals surface area contributed by atoms with Gasteiger partial charge in [0.05, 0.1) is 5.69 Å². The SMILES string of the molecule is c1ccc(-c2nc3cc4c(cc3o2)sc2cccc(N(c3ccccc3)c3ccc5c(c3)oc3ccccc35)c24)cc1. The van der Waals surface area contributed by atoms with Crippen LogP contribution in [0.3, 0.4) is 0 Å². The van der Waals surface area contributed by atoms with Gasteiger partial charge in [0.2, 0.25) is 5.89 Å². The predicted molar refractivity (Wildman–Crippen MR) is 174 cm³/mol. The lowest BCUT2D eigenvalue weighted by atomic mass is 10.1. The number of aromatic nitrogens is 1. The Labute approximate surface area is 244 Å². The number of nitrogens with zero attached hydrogens (tertiary/aromatic N) is 2. The first-order valence-corrected chi connectivity index (χ1v) is 14.7. The predicted octanol–water partition coefficient (Wildman–Crippen LogP) is 11.2. The second kappa shape index (κ2) is 9.06. The van der Waals surface area contributed by atoms with Crippen LogP contribution in [0.4, 0.5) is 17.1 Å². The van der Waals surface area contributed by atoms with E-state index in [0.29, 0.717) is 5.89 Å². The maximum atomic E-state index is 6.30. The molecule has 3 aromatic heterocycles. The first kappa shape index (κ1) is 23.3. The number of hydrogen-bond donors (Lipinski definition) is 0. The highest BCUT2D eigenvalue weighted by atomic mass is 32.1. The third kappa shape index (κ3) is 3.57. The average Bonchev–Trinajstić information content (AvgIpc) is 3.73. The number of furan rings is 1. The molecule has 4 nitrogen and oxygen atoms in total. The Kier molecular flexibility index (Phi) is 5.03. The van der Waals surface area contributed by atoms with Crippen LogP contribution in [0.5, 0.6) is 0 Å². The first-order chi connectivity index (χ1) is 20.8. The molecular weight excluding hydrogens is 536 g/mol. The lowest BCUT2D eigenvalue weighted by molar-refractivity contribution is 0.620. The summed E-state index contributed by atoms with van der Waals surface area (Å²) in [5, 5.41) is 4.60. The summed E-state index contributed by atoms with van der Waals surface area (Å²) in [7, 11) is 0. The van der Waals surface area contributed by atoms with Gasteiger partial charge in [-0.3, -0.25) is 0 Å². The zero-order valence-electron chi connectivity index (χ0n) is 22.3. The highest BCUT2D eigenvalue weighted by Crippen LogP contribution is 2.46. The van der Waals surface area contributed by atoms with Crippen LogP contribution in [0.25, 0.3) is 64.7 Å². The normalized spacial score (nSPS) is 11.8. The largest absolute Gasteiger partial charge is 0.456 e. The number of oxazole rings is 1. The number of hydrogen-bond acceptors (Lipinski definition) is 5. The van der Waals surface area contributed by atoms with Crippen LogP contribution in [0, 0.1) is 0 Å². The van der Waals surface area contributed by atoms with Gasteiger partial charge in [-0.2, -0.15) is 0 Å². The second-order valence-corrected chi connectivity index (χ2v) is 11.5. The van der Waals surface area contributed by atoms with Crippen molar-refractivity contribution in [2.45, 2.75) is 0 Å². The van der Waals surface area contributed by atoms with E-state index < -0.39 is 0 Å². The van der Waals surface area contributed by atoms with Gasteiger partial charge in [0, 0.05) is 60.0 Å². The Bertz CT molecular complexity index is 2420. The number of fused-ring (bicyclic) bond motifs is 7. The minimum atomic E-state index is 0.637. The standard InChI is InChI=1S/C37H22N2O2S/c1-3-10-23(11-4-1)37-38-29-21-28-35(22-33(29)41-37)42-34-17-9-15-30(36(28)34)39(24-12-5-2-6-13-24)25-18-19-27-26-14-7-8-16-31(26)40-32(27)20-25/h1-22H. The van der Waals surface area contributed by atoms with Crippen LogP contribution in [-0.2, 0) is 0 Å². The third-order valence-corrected chi connectivity index (χ3v) is 9.00. The molecule has 0 saturated heterocycles. The van der Waals surface area contributed by atoms with E-state index in [9.17, 15) is 0 Å². The highest BCUT2D eigenvalue weighted by molar-refractivity contribution is 7.26. The molecule has 0 N–H and O–H groups in total. The maximum absolute atomic E-state index is 6.30. The van der Waals surface area contributed by atoms with E-state index in [1.54, 1.807) is 11.3 Å². The molecule has 42 heavy (non-hydrogen) atoms. The minimum absolute atomic E-state index is 0.637. The molecule has 0 spiro atoms. The summed E-state index contributed by atoms with van der Waals surface area (Å²) in [6, 6.07) is 46.1. The summed E-state index contributed by atoms with van der Waals surface area (Å²) in [4.78, 5) is 7.20. The van der Waals surface area contributed by atoms with E-state index in [0.717, 1.165) is 61.1 Å². The molecule has 6 aromatic carbocycles. The van der Waals surface area contributed by atoms with Crippen molar-refractivity contribution < 1.29 is 8.83 Å². The first-order valence-electron chi connectivity index (χ1n) is 13.9. The van der Waals surface area contributed by atoms with Crippen molar-refractivity contribution in [2.24, 2.45) is 0 Å². The molecule has 0 radical (unpaired) electrons. The lowest BCUT2D eigenvalue weighted by Gasteiger charge is -2.26. The summed E-state index contributed by atoms with van der Waals surface area (Å²) in [5.41, 5.74) is 7.60. The molecule has 0 atom stereocenters. The molecule has 0 saturated carbocycles. The van der Waals surface area contributed by atoms with Gasteiger partial charge in [-0.25, -0.2) is 4.98 Å². The summed E-state index contributed by atoms with van der Waals surface area (Å²) < 4.78 is 14.9. The summed E-state index contributed by atoms with van der Waals surface area (Å²) in [6.45, 7) is 0. The van der Waals surface area contributed by atoms with Crippen molar-refractivity contribution in [2.75, 3.05) is 4.90 Å². The molecule has 9 aromatic rings. The molecule has 0 amide bonds. The number of para-hydroxylation sites is 2. The fourth-order valence-corrected chi connectivity index (χ4v) is 7.11. The fraction of sp³-hybridized carbons (Fsp3) is 0. The van der Waals surface area contributed by atoms with Crippen molar-refractivity contribution in [1.82, 2.24) is 4.98 Å². The number of anilines is 3. The fourth-order valence-electron chi connectivity index (χ4n) is 5.98. The zero-order chi connectivity index (χ0) is 27.6. The minimum Gasteiger partial charge on any atom is -0.456 e. The molecule has 9 rings (SSSR count). The van der Waals surface area contributed by atoms with E-state index >= 15 is 0 Å². The average molecular weight is 559 g/mol. The molecule has 0 unspecified atom stereocenters. The van der Waals surface area contributed by atoms with Crippen molar-refractivity contribution in [3.63, 3.8) is 0 Å². The van der Waals surface area contributed by atoms with E-state index in [1.165, 1.54) is 14.8 Å². The van der Waals surface area contributed by atoms with Gasteiger partial charge < -0.3 is 13.7 Å². The van der Waals surface area contributed by atoms with E-state index in [2.05, 4.69) is 95.9 Å². The van der Waals surface area contributed by atoms with Crippen molar-refractivity contribution >= 4 is 81.6 Å². The van der Waals surface area contributed by atoms with Gasteiger partial charge in [-0.15, -0.1) is 11.3 Å². The van der Waals surface area contributed by atoms with Crippen molar-refractivity contribution in [3.05, 3.63) is 133 Å². The summed E-state index contributed by atoms with van der Waals surface area (Å²) in [5.74, 6) is 0.637. The van der Waals surface area contributed by atoms with Crippen LogP contribution in [0.1, 0.15) is 0 Å². The Morgan fingerprint density at radius 2 is 1.31 bits per heavy atom. The van der Waals surface area contributed by atoms with Crippen LogP contribution < -0.4 is 4.90 Å². The molecule has 0 fully saturated rings. The molecule has 0 aliphatic heterocycles. The summed E-state index contributed by atoms with van der Waals surface area (Å²) >= 11 is 1.78. The molecule has 0 bridgehead atoms. The summed E-state index contributed by atoms with van der Waals surface area (Å²) in [6.07, 6.45) is 0. The quantitative estimate of drug-likeness (QED) is 0.215. The van der Waals surface area contributed by atoms with E-state index in [1.807, 2.05) is 42.5 Å². The van der Waals surface area contributed by atoms with Crippen LogP contribution >= 0.6 is 11.3 Å². The Balaban J connectivity index is 1.28. The number of rotatable bonds is 4. The molecule has 5 heteroatoms. The number of benzene rings is 6. The number of thiophene rings is 1. The second-order valence-electron chi connectivity index (χ2n) is 10.4.